The van der Waals surface area contributed by atoms with Crippen LogP contribution in [0.5, 0.6) is 0 Å². The lowest BCUT2D eigenvalue weighted by molar-refractivity contribution is 0.165. The molecule has 0 amide bonds. The molecule has 0 saturated carbocycles. The maximum atomic E-state index is 12.4. The first-order valence-corrected chi connectivity index (χ1v) is 8.47. The molecule has 1 fully saturated rings. The van der Waals surface area contributed by atoms with Crippen molar-refractivity contribution >= 4 is 10.2 Å². The summed E-state index contributed by atoms with van der Waals surface area (Å²) in [5.41, 5.74) is 0. The zero-order valence-electron chi connectivity index (χ0n) is 12.2. The molecule has 20 heavy (non-hydrogen) atoms. The Balaban J connectivity index is 1.90. The first-order valence-electron chi connectivity index (χ1n) is 7.08. The average molecular weight is 301 g/mol. The zero-order valence-corrected chi connectivity index (χ0v) is 13.0. The summed E-state index contributed by atoms with van der Waals surface area (Å²) in [6.45, 7) is 8.08. The van der Waals surface area contributed by atoms with E-state index >= 15 is 0 Å². The molecule has 0 aromatic carbocycles. The fourth-order valence-electron chi connectivity index (χ4n) is 2.45. The van der Waals surface area contributed by atoms with Crippen LogP contribution in [0.4, 0.5) is 0 Å². The summed E-state index contributed by atoms with van der Waals surface area (Å²) in [6, 6.07) is 3.81. The molecule has 1 aromatic heterocycles. The molecule has 1 aliphatic heterocycles. The van der Waals surface area contributed by atoms with Crippen molar-refractivity contribution in [1.82, 2.24) is 13.5 Å². The Bertz CT molecular complexity index is 489. The van der Waals surface area contributed by atoms with Gasteiger partial charge in [-0.3, -0.25) is 4.90 Å². The molecule has 0 atom stereocenters. The van der Waals surface area contributed by atoms with Crippen molar-refractivity contribution in [3.8, 4) is 0 Å². The molecule has 7 heteroatoms. The highest BCUT2D eigenvalue weighted by Crippen LogP contribution is 2.14. The van der Waals surface area contributed by atoms with Gasteiger partial charge in [0.05, 0.1) is 12.8 Å². The van der Waals surface area contributed by atoms with Gasteiger partial charge in [0.1, 0.15) is 5.76 Å². The molecule has 0 aliphatic carbocycles. The van der Waals surface area contributed by atoms with Gasteiger partial charge >= 0.3 is 0 Å². The Morgan fingerprint density at radius 2 is 1.85 bits per heavy atom. The van der Waals surface area contributed by atoms with Crippen molar-refractivity contribution in [2.24, 2.45) is 0 Å². The maximum absolute atomic E-state index is 12.4. The molecule has 1 aliphatic rings. The Labute approximate surface area is 121 Å². The minimum absolute atomic E-state index is 0.519. The van der Waals surface area contributed by atoms with E-state index in [0.29, 0.717) is 26.2 Å². The molecular weight excluding hydrogens is 278 g/mol. The Morgan fingerprint density at radius 1 is 1.20 bits per heavy atom. The molecule has 114 valence electrons. The van der Waals surface area contributed by atoms with Gasteiger partial charge < -0.3 is 4.42 Å². The Hall–Kier alpha value is -0.890. The second kappa shape index (κ2) is 6.71. The first kappa shape index (κ1) is 15.5. The van der Waals surface area contributed by atoms with E-state index in [1.807, 2.05) is 26.0 Å². The van der Waals surface area contributed by atoms with Crippen LogP contribution in [0, 0.1) is 0 Å². The van der Waals surface area contributed by atoms with Crippen molar-refractivity contribution in [1.29, 1.82) is 0 Å². The summed E-state index contributed by atoms with van der Waals surface area (Å²) >= 11 is 0. The lowest BCUT2D eigenvalue weighted by Gasteiger charge is -2.35. The van der Waals surface area contributed by atoms with Crippen LogP contribution >= 0.6 is 0 Å². The molecule has 1 aromatic rings. The van der Waals surface area contributed by atoms with E-state index in [4.69, 9.17) is 4.42 Å². The molecule has 2 heterocycles. The standard InChI is InChI=1S/C13H23N3O3S/c1-3-15(4-2)20(17,18)16-9-7-14(8-10-16)12-13-6-5-11-19-13/h5-6,11H,3-4,7-10,12H2,1-2H3. The van der Waals surface area contributed by atoms with Gasteiger partial charge in [0.15, 0.2) is 0 Å². The lowest BCUT2D eigenvalue weighted by Crippen LogP contribution is -2.52. The highest BCUT2D eigenvalue weighted by atomic mass is 32.2. The number of rotatable bonds is 6. The molecule has 0 unspecified atom stereocenters. The van der Waals surface area contributed by atoms with E-state index in [2.05, 4.69) is 4.90 Å². The second-order valence-electron chi connectivity index (χ2n) is 4.85. The predicted octanol–water partition coefficient (Wildman–Crippen LogP) is 0.984. The number of piperazine rings is 1. The molecule has 0 spiro atoms. The van der Waals surface area contributed by atoms with Gasteiger partial charge in [0.25, 0.3) is 10.2 Å². The van der Waals surface area contributed by atoms with Gasteiger partial charge in [-0.05, 0) is 12.1 Å². The molecule has 1 saturated heterocycles. The van der Waals surface area contributed by atoms with Crippen LogP contribution in [0.25, 0.3) is 0 Å². The quantitative estimate of drug-likeness (QED) is 0.786. The number of hydrogen-bond acceptors (Lipinski definition) is 4. The van der Waals surface area contributed by atoms with E-state index in [9.17, 15) is 8.42 Å². The fraction of sp³-hybridized carbons (Fsp3) is 0.692. The minimum Gasteiger partial charge on any atom is -0.468 e. The van der Waals surface area contributed by atoms with Crippen LogP contribution in [-0.2, 0) is 16.8 Å². The first-order chi connectivity index (χ1) is 9.57. The summed E-state index contributed by atoms with van der Waals surface area (Å²) < 4.78 is 33.2. The van der Waals surface area contributed by atoms with Gasteiger partial charge in [0.2, 0.25) is 0 Å². The smallest absolute Gasteiger partial charge is 0.282 e. The Morgan fingerprint density at radius 3 is 2.35 bits per heavy atom. The van der Waals surface area contributed by atoms with Crippen LogP contribution < -0.4 is 0 Å². The summed E-state index contributed by atoms with van der Waals surface area (Å²) in [7, 11) is -3.29. The van der Waals surface area contributed by atoms with E-state index in [1.165, 1.54) is 4.31 Å². The SMILES string of the molecule is CCN(CC)S(=O)(=O)N1CCN(Cc2ccco2)CC1. The molecule has 2 rings (SSSR count). The van der Waals surface area contributed by atoms with Crippen molar-refractivity contribution in [2.45, 2.75) is 20.4 Å². The summed E-state index contributed by atoms with van der Waals surface area (Å²) in [4.78, 5) is 2.22. The van der Waals surface area contributed by atoms with Gasteiger partial charge in [-0.15, -0.1) is 0 Å². The van der Waals surface area contributed by atoms with E-state index in [1.54, 1.807) is 10.6 Å². The van der Waals surface area contributed by atoms with E-state index in [0.717, 1.165) is 25.4 Å². The molecule has 0 radical (unpaired) electrons. The van der Waals surface area contributed by atoms with Crippen LogP contribution in [0.2, 0.25) is 0 Å². The predicted molar refractivity (Wildman–Crippen MR) is 77.4 cm³/mol. The minimum atomic E-state index is -3.29. The molecular formula is C13H23N3O3S. The number of hydrogen-bond donors (Lipinski definition) is 0. The lowest BCUT2D eigenvalue weighted by atomic mass is 10.3. The molecule has 0 bridgehead atoms. The van der Waals surface area contributed by atoms with E-state index < -0.39 is 10.2 Å². The van der Waals surface area contributed by atoms with Crippen molar-refractivity contribution in [2.75, 3.05) is 39.3 Å². The maximum Gasteiger partial charge on any atom is 0.282 e. The fourth-order valence-corrected chi connectivity index (χ4v) is 4.06. The van der Waals surface area contributed by atoms with Gasteiger partial charge in [-0.1, -0.05) is 13.8 Å². The largest absolute Gasteiger partial charge is 0.468 e. The number of furan rings is 1. The van der Waals surface area contributed by atoms with Crippen molar-refractivity contribution in [3.63, 3.8) is 0 Å². The molecule has 6 nitrogen and oxygen atoms in total. The van der Waals surface area contributed by atoms with E-state index in [-0.39, 0.29) is 0 Å². The van der Waals surface area contributed by atoms with Crippen molar-refractivity contribution < 1.29 is 12.8 Å². The third-order valence-corrected chi connectivity index (χ3v) is 5.84. The Kier molecular flexibility index (Phi) is 5.20. The third kappa shape index (κ3) is 3.41. The van der Waals surface area contributed by atoms with Crippen LogP contribution in [0.1, 0.15) is 19.6 Å². The average Bonchev–Trinajstić information content (AvgIpc) is 2.93. The normalized spacial score (nSPS) is 18.8. The topological polar surface area (TPSA) is 57.0 Å². The number of nitrogens with zero attached hydrogens (tertiary/aromatic N) is 3. The van der Waals surface area contributed by atoms with Gasteiger partial charge in [0, 0.05) is 39.3 Å². The second-order valence-corrected chi connectivity index (χ2v) is 6.78. The van der Waals surface area contributed by atoms with Crippen LogP contribution in [0.15, 0.2) is 22.8 Å². The highest BCUT2D eigenvalue weighted by Gasteiger charge is 2.30. The van der Waals surface area contributed by atoms with Crippen LogP contribution in [-0.4, -0.2) is 61.2 Å². The van der Waals surface area contributed by atoms with Gasteiger partial charge in [-0.2, -0.15) is 17.0 Å². The summed E-state index contributed by atoms with van der Waals surface area (Å²) in [5, 5.41) is 0. The summed E-state index contributed by atoms with van der Waals surface area (Å²) in [5.74, 6) is 0.921. The zero-order chi connectivity index (χ0) is 14.6. The third-order valence-electron chi connectivity index (χ3n) is 3.65. The highest BCUT2D eigenvalue weighted by molar-refractivity contribution is 7.86. The van der Waals surface area contributed by atoms with Crippen LogP contribution in [0.3, 0.4) is 0 Å². The summed E-state index contributed by atoms with van der Waals surface area (Å²) in [6.07, 6.45) is 1.66. The van der Waals surface area contributed by atoms with Gasteiger partial charge in [-0.25, -0.2) is 0 Å². The molecule has 0 N–H and O–H groups in total. The van der Waals surface area contributed by atoms with Crippen molar-refractivity contribution in [3.05, 3.63) is 24.2 Å². The monoisotopic (exact) mass is 301 g/mol.